The van der Waals surface area contributed by atoms with Crippen LogP contribution in [0.25, 0.3) is 0 Å². The summed E-state index contributed by atoms with van der Waals surface area (Å²) in [4.78, 5) is 24.8. The summed E-state index contributed by atoms with van der Waals surface area (Å²) in [5.41, 5.74) is 0. The molecule has 0 spiro atoms. The summed E-state index contributed by atoms with van der Waals surface area (Å²) in [6.07, 6.45) is 0. The molecule has 0 heterocycles. The van der Waals surface area contributed by atoms with Crippen molar-refractivity contribution in [2.24, 2.45) is 0 Å². The van der Waals surface area contributed by atoms with Crippen LogP contribution in [-0.2, 0) is 0 Å². The van der Waals surface area contributed by atoms with Gasteiger partial charge in [0.1, 0.15) is 0 Å². The Morgan fingerprint density at radius 1 is 0.471 bits per heavy atom. The van der Waals surface area contributed by atoms with Gasteiger partial charge in [0.15, 0.2) is 0 Å². The molecule has 0 unspecified atom stereocenters. The van der Waals surface area contributed by atoms with Crippen molar-refractivity contribution in [3.05, 3.63) is 46.0 Å². The van der Waals surface area contributed by atoms with Gasteiger partial charge in [0.25, 0.3) is 0 Å². The summed E-state index contributed by atoms with van der Waals surface area (Å²) in [6, 6.07) is 0. The molecule has 0 aliphatic carbocycles. The Morgan fingerprint density at radius 2 is 0.471 bits per heavy atom. The molecule has 0 aromatic heterocycles. The Morgan fingerprint density at radius 3 is 0.471 bits per heavy atom. The van der Waals surface area contributed by atoms with E-state index in [1.807, 2.05) is 0 Å². The first kappa shape index (κ1) is 57.2. The summed E-state index contributed by atoms with van der Waals surface area (Å²) in [6.45, 7) is 0. The Hall–Kier alpha value is -1.30. The second kappa shape index (κ2) is 46.5. The Labute approximate surface area is 121 Å². The number of hydrogen-bond donors (Lipinski definition) is 0. The predicted molar refractivity (Wildman–Crippen MR) is 45.5 cm³/mol. The maximum absolute atomic E-state index is 8.25. The van der Waals surface area contributed by atoms with Crippen molar-refractivity contribution in [2.45, 2.75) is 0 Å². The second-order valence-electron chi connectivity index (χ2n) is 0.671. The van der Waals surface area contributed by atoms with Gasteiger partial charge in [-0.15, -0.1) is 0 Å². The summed E-state index contributed by atoms with van der Waals surface area (Å²) >= 11 is 0. The maximum atomic E-state index is 8.25. The van der Waals surface area contributed by atoms with Gasteiger partial charge in [0.2, 0.25) is 0 Å². The largest absolute Gasteiger partial charge is 3.00 e. The molecule has 0 aliphatic heterocycles. The average Bonchev–Trinajstić information content (AvgIpc) is 1.54. The molecule has 0 saturated carbocycles. The van der Waals surface area contributed by atoms with Crippen LogP contribution in [0.4, 0.5) is 0 Å². The number of rotatable bonds is 0. The zero-order valence-corrected chi connectivity index (χ0v) is 9.25. The van der Waals surface area contributed by atoms with E-state index in [4.69, 9.17) is 46.0 Å². The van der Waals surface area contributed by atoms with Crippen LogP contribution in [0.15, 0.2) is 0 Å². The van der Waals surface area contributed by atoms with E-state index in [-0.39, 0.29) is 59.6 Å². The van der Waals surface area contributed by atoms with Crippen molar-refractivity contribution >= 4 is 0 Å². The standard InChI is InChI=1S/Ho.3NO3.4H2O/c;3*2-1(3)4;;;;/h;;;;4*1H2/q+3;3*-1;;;;. The molecule has 8 N–H and O–H groups in total. The van der Waals surface area contributed by atoms with Crippen LogP contribution in [0.2, 0.25) is 0 Å². The van der Waals surface area contributed by atoms with E-state index in [1.54, 1.807) is 0 Å². The van der Waals surface area contributed by atoms with Crippen LogP contribution in [0, 0.1) is 83.7 Å². The fourth-order valence-corrected chi connectivity index (χ4v) is 0. The minimum Gasteiger partial charge on any atom is -0.412 e. The molecule has 0 aromatic carbocycles. The second-order valence-corrected chi connectivity index (χ2v) is 0.671. The molecular formula is H8HoN3O13. The van der Waals surface area contributed by atoms with Crippen molar-refractivity contribution in [2.75, 3.05) is 0 Å². The van der Waals surface area contributed by atoms with Crippen LogP contribution in [0.3, 0.4) is 0 Å². The van der Waals surface area contributed by atoms with Gasteiger partial charge in [-0.3, -0.25) is 0 Å². The smallest absolute Gasteiger partial charge is 0.412 e. The van der Waals surface area contributed by atoms with Crippen molar-refractivity contribution < 1.29 is 74.9 Å². The van der Waals surface area contributed by atoms with Gasteiger partial charge < -0.3 is 67.9 Å². The molecule has 0 aliphatic rings. The topological polar surface area (TPSA) is 325 Å². The fraction of sp³-hybridized carbons (Fsp3) is 0. The predicted octanol–water partition coefficient (Wildman–Crippen LogP) is -4.02. The van der Waals surface area contributed by atoms with E-state index in [0.717, 1.165) is 0 Å². The van der Waals surface area contributed by atoms with Crippen molar-refractivity contribution in [1.29, 1.82) is 0 Å². The van der Waals surface area contributed by atoms with Gasteiger partial charge in [-0.25, -0.2) is 0 Å². The molecule has 0 aromatic rings. The molecule has 0 atom stereocenters. The summed E-state index contributed by atoms with van der Waals surface area (Å²) in [7, 11) is 0. The molecule has 17 heteroatoms. The SMILES string of the molecule is O.O.O.O.O=[N+]([O-])[O-].O=[N+]([O-])[O-].O=[N+]([O-])[O-].[Ho+3]. The Balaban J connectivity index is -0.0000000104. The maximum Gasteiger partial charge on any atom is 3.00 e. The molecule has 17 heavy (non-hydrogen) atoms. The molecule has 0 amide bonds. The van der Waals surface area contributed by atoms with Crippen LogP contribution >= 0.6 is 0 Å². The molecular weight excluding hydrogens is 415 g/mol. The van der Waals surface area contributed by atoms with Crippen LogP contribution < -0.4 is 0 Å². The normalized spacial score (nSPS) is 4.24. The van der Waals surface area contributed by atoms with E-state index >= 15 is 0 Å². The van der Waals surface area contributed by atoms with E-state index in [9.17, 15) is 0 Å². The monoisotopic (exact) mass is 423 g/mol. The summed E-state index contributed by atoms with van der Waals surface area (Å²) < 4.78 is 0. The van der Waals surface area contributed by atoms with Gasteiger partial charge >= 0.3 is 37.7 Å². The van der Waals surface area contributed by atoms with Gasteiger partial charge in [-0.05, 0) is 0 Å². The van der Waals surface area contributed by atoms with Crippen LogP contribution in [-0.4, -0.2) is 37.2 Å². The summed E-state index contributed by atoms with van der Waals surface area (Å²) in [5, 5.41) is 44.2. The minimum atomic E-state index is -1.75. The van der Waals surface area contributed by atoms with E-state index in [0.29, 0.717) is 0 Å². The minimum absolute atomic E-state index is 0. The van der Waals surface area contributed by atoms with Crippen molar-refractivity contribution in [1.82, 2.24) is 0 Å². The number of nitrogens with zero attached hydrogens (tertiary/aromatic N) is 3. The van der Waals surface area contributed by atoms with Crippen molar-refractivity contribution in [3.63, 3.8) is 0 Å². The van der Waals surface area contributed by atoms with Gasteiger partial charge in [0.05, 0.1) is 15.3 Å². The fourth-order valence-electron chi connectivity index (χ4n) is 0. The molecule has 0 rings (SSSR count). The molecule has 0 saturated heterocycles. The summed E-state index contributed by atoms with van der Waals surface area (Å²) in [5.74, 6) is 0. The van der Waals surface area contributed by atoms with Gasteiger partial charge in [0, 0.05) is 0 Å². The first-order valence-corrected chi connectivity index (χ1v) is 1.64. The zero-order chi connectivity index (χ0) is 10.7. The van der Waals surface area contributed by atoms with Crippen LogP contribution in [0.1, 0.15) is 0 Å². The first-order valence-electron chi connectivity index (χ1n) is 1.64. The van der Waals surface area contributed by atoms with Gasteiger partial charge in [-0.2, -0.15) is 0 Å². The first-order chi connectivity index (χ1) is 5.20. The van der Waals surface area contributed by atoms with E-state index in [2.05, 4.69) is 0 Å². The molecule has 16 nitrogen and oxygen atoms in total. The third-order valence-electron chi connectivity index (χ3n) is 0. The molecule has 0 fully saturated rings. The molecule has 0 radical (unpaired) electrons. The molecule has 112 valence electrons. The third kappa shape index (κ3) is 1400. The molecule has 0 bridgehead atoms. The average molecular weight is 423 g/mol. The van der Waals surface area contributed by atoms with E-state index < -0.39 is 15.3 Å². The van der Waals surface area contributed by atoms with Crippen molar-refractivity contribution in [3.8, 4) is 0 Å². The van der Waals surface area contributed by atoms with E-state index in [1.165, 1.54) is 0 Å². The Kier molecular flexibility index (Phi) is 157. The number of hydrogen-bond acceptors (Lipinski definition) is 9. The van der Waals surface area contributed by atoms with Crippen LogP contribution in [0.5, 0.6) is 0 Å². The zero-order valence-electron chi connectivity index (χ0n) is 7.32. The third-order valence-corrected chi connectivity index (χ3v) is 0. The quantitative estimate of drug-likeness (QED) is 0.208. The Bertz CT molecular complexity index is 114. The van der Waals surface area contributed by atoms with Gasteiger partial charge in [-0.1, -0.05) is 0 Å².